The van der Waals surface area contributed by atoms with Crippen molar-refractivity contribution in [2.75, 3.05) is 12.4 Å². The number of hydrogen-bond donors (Lipinski definition) is 2. The highest BCUT2D eigenvalue weighted by atomic mass is 32.2. The molecule has 0 spiro atoms. The van der Waals surface area contributed by atoms with Crippen molar-refractivity contribution in [2.24, 2.45) is 5.14 Å². The number of hydrogen-bond acceptors (Lipinski definition) is 6. The third kappa shape index (κ3) is 5.02. The minimum atomic E-state index is -3.61. The molecule has 2 aromatic carbocycles. The van der Waals surface area contributed by atoms with E-state index in [1.807, 2.05) is 49.4 Å². The summed E-state index contributed by atoms with van der Waals surface area (Å²) in [6.45, 7) is 1.84. The fourth-order valence-corrected chi connectivity index (χ4v) is 3.34. The number of rotatable bonds is 6. The van der Waals surface area contributed by atoms with Crippen LogP contribution in [0.4, 0.5) is 11.6 Å². The van der Waals surface area contributed by atoms with Crippen molar-refractivity contribution in [3.63, 3.8) is 0 Å². The van der Waals surface area contributed by atoms with E-state index in [1.54, 1.807) is 19.4 Å². The first-order valence-corrected chi connectivity index (χ1v) is 9.90. The number of aromatic nitrogens is 2. The van der Waals surface area contributed by atoms with Gasteiger partial charge in [-0.25, -0.2) is 23.5 Å². The monoisotopic (exact) mass is 384 g/mol. The maximum Gasteiger partial charge on any atom is 0.227 e. The van der Waals surface area contributed by atoms with Crippen LogP contribution in [0.5, 0.6) is 5.75 Å². The van der Waals surface area contributed by atoms with Gasteiger partial charge in [-0.15, -0.1) is 0 Å². The van der Waals surface area contributed by atoms with E-state index in [-0.39, 0.29) is 5.75 Å². The molecular formula is C19H20N4O3S. The van der Waals surface area contributed by atoms with Crippen LogP contribution in [0.3, 0.4) is 0 Å². The molecule has 1 heterocycles. The highest BCUT2D eigenvalue weighted by molar-refractivity contribution is 7.88. The summed E-state index contributed by atoms with van der Waals surface area (Å²) in [5.41, 5.74) is 3.86. The van der Waals surface area contributed by atoms with E-state index in [1.165, 1.54) is 0 Å². The van der Waals surface area contributed by atoms with Crippen molar-refractivity contribution in [2.45, 2.75) is 12.7 Å². The number of methoxy groups -OCH3 is 1. The van der Waals surface area contributed by atoms with Crippen LogP contribution >= 0.6 is 0 Å². The zero-order valence-electron chi connectivity index (χ0n) is 15.0. The number of benzene rings is 2. The molecule has 1 aromatic heterocycles. The number of anilines is 2. The van der Waals surface area contributed by atoms with Crippen LogP contribution in [0.25, 0.3) is 11.3 Å². The van der Waals surface area contributed by atoms with Crippen LogP contribution in [0.1, 0.15) is 11.1 Å². The Morgan fingerprint density at radius 1 is 1.11 bits per heavy atom. The smallest absolute Gasteiger partial charge is 0.227 e. The number of nitrogens with zero attached hydrogens (tertiary/aromatic N) is 2. The number of aryl methyl sites for hydroxylation is 1. The van der Waals surface area contributed by atoms with Crippen molar-refractivity contribution in [1.29, 1.82) is 0 Å². The van der Waals surface area contributed by atoms with E-state index in [0.29, 0.717) is 17.2 Å². The van der Waals surface area contributed by atoms with Gasteiger partial charge in [-0.2, -0.15) is 0 Å². The number of nitrogens with one attached hydrogen (secondary N) is 1. The fraction of sp³-hybridized carbons (Fsp3) is 0.158. The summed E-state index contributed by atoms with van der Waals surface area (Å²) in [4.78, 5) is 8.75. The largest absolute Gasteiger partial charge is 0.497 e. The molecule has 0 fully saturated rings. The summed E-state index contributed by atoms with van der Waals surface area (Å²) in [7, 11) is -1.99. The molecule has 140 valence electrons. The predicted molar refractivity (Wildman–Crippen MR) is 105 cm³/mol. The molecule has 0 amide bonds. The molecule has 0 bridgehead atoms. The fourth-order valence-electron chi connectivity index (χ4n) is 2.59. The van der Waals surface area contributed by atoms with Gasteiger partial charge < -0.3 is 10.1 Å². The molecule has 0 aliphatic rings. The minimum absolute atomic E-state index is 0.221. The normalized spacial score (nSPS) is 11.2. The third-order valence-corrected chi connectivity index (χ3v) is 4.72. The lowest BCUT2D eigenvalue weighted by Crippen LogP contribution is -2.15. The molecule has 27 heavy (non-hydrogen) atoms. The average Bonchev–Trinajstić information content (AvgIpc) is 2.64. The van der Waals surface area contributed by atoms with Crippen LogP contribution in [0.15, 0.2) is 54.7 Å². The van der Waals surface area contributed by atoms with E-state index in [2.05, 4.69) is 15.3 Å². The molecule has 0 aliphatic carbocycles. The first kappa shape index (κ1) is 18.8. The number of sulfonamides is 1. The van der Waals surface area contributed by atoms with E-state index >= 15 is 0 Å². The van der Waals surface area contributed by atoms with Gasteiger partial charge in [0.1, 0.15) is 5.75 Å². The van der Waals surface area contributed by atoms with Gasteiger partial charge >= 0.3 is 0 Å². The molecule has 0 atom stereocenters. The molecule has 3 N–H and O–H groups in total. The quantitative estimate of drug-likeness (QED) is 0.676. The number of nitrogens with two attached hydrogens (primary N) is 1. The lowest BCUT2D eigenvalue weighted by molar-refractivity contribution is 0.415. The Balaban J connectivity index is 1.85. The van der Waals surface area contributed by atoms with Crippen molar-refractivity contribution in [3.8, 4) is 17.0 Å². The maximum absolute atomic E-state index is 11.4. The second kappa shape index (κ2) is 7.73. The summed E-state index contributed by atoms with van der Waals surface area (Å²) in [5, 5.41) is 8.27. The van der Waals surface area contributed by atoms with Gasteiger partial charge in [0, 0.05) is 17.4 Å². The summed E-state index contributed by atoms with van der Waals surface area (Å²) in [6, 6.07) is 14.8. The molecular weight excluding hydrogens is 364 g/mol. The van der Waals surface area contributed by atoms with Crippen molar-refractivity contribution < 1.29 is 13.2 Å². The zero-order chi connectivity index (χ0) is 19.4. The first-order chi connectivity index (χ1) is 12.8. The third-order valence-electron chi connectivity index (χ3n) is 4.00. The zero-order valence-corrected chi connectivity index (χ0v) is 15.8. The van der Waals surface area contributed by atoms with Crippen LogP contribution < -0.4 is 15.2 Å². The van der Waals surface area contributed by atoms with Gasteiger partial charge in [-0.1, -0.05) is 6.07 Å². The van der Waals surface area contributed by atoms with Crippen LogP contribution in [0, 0.1) is 6.92 Å². The van der Waals surface area contributed by atoms with Crippen LogP contribution in [-0.4, -0.2) is 25.5 Å². The van der Waals surface area contributed by atoms with Crippen molar-refractivity contribution in [1.82, 2.24) is 9.97 Å². The maximum atomic E-state index is 11.4. The molecule has 0 radical (unpaired) electrons. The predicted octanol–water partition coefficient (Wildman–Crippen LogP) is 2.99. The standard InChI is InChI=1S/C19H20N4O3S/c1-13-3-6-16(11-15(13)12-27(20,24)25)22-19-21-10-9-18(23-19)14-4-7-17(26-2)8-5-14/h3-11H,12H2,1-2H3,(H2,20,24,25)(H,21,22,23). The molecule has 3 aromatic rings. The Morgan fingerprint density at radius 2 is 1.85 bits per heavy atom. The van der Waals surface area contributed by atoms with Crippen LogP contribution in [0.2, 0.25) is 0 Å². The van der Waals surface area contributed by atoms with Crippen molar-refractivity contribution >= 4 is 21.7 Å². The van der Waals surface area contributed by atoms with Crippen molar-refractivity contribution in [3.05, 3.63) is 65.9 Å². The Labute approximate surface area is 158 Å². The van der Waals surface area contributed by atoms with Gasteiger partial charge in [-0.3, -0.25) is 0 Å². The molecule has 7 nitrogen and oxygen atoms in total. The summed E-state index contributed by atoms with van der Waals surface area (Å²) in [5.74, 6) is 0.961. The molecule has 8 heteroatoms. The second-order valence-electron chi connectivity index (χ2n) is 6.07. The SMILES string of the molecule is COc1ccc(-c2ccnc(Nc3ccc(C)c(CS(N)(=O)=O)c3)n2)cc1. The Morgan fingerprint density at radius 3 is 2.52 bits per heavy atom. The summed E-state index contributed by atoms with van der Waals surface area (Å²) in [6.07, 6.45) is 1.66. The minimum Gasteiger partial charge on any atom is -0.497 e. The molecule has 0 aliphatic heterocycles. The van der Waals surface area contributed by atoms with Gasteiger partial charge in [0.25, 0.3) is 0 Å². The number of primary sulfonamides is 1. The highest BCUT2D eigenvalue weighted by Gasteiger charge is 2.10. The summed E-state index contributed by atoms with van der Waals surface area (Å²) < 4.78 is 28.0. The Kier molecular flexibility index (Phi) is 5.38. The Bertz CT molecular complexity index is 1050. The Hall–Kier alpha value is -2.97. The molecule has 0 saturated carbocycles. The topological polar surface area (TPSA) is 107 Å². The molecule has 0 saturated heterocycles. The van der Waals surface area contributed by atoms with Gasteiger partial charge in [0.2, 0.25) is 16.0 Å². The van der Waals surface area contributed by atoms with Gasteiger partial charge in [0.05, 0.1) is 18.6 Å². The first-order valence-electron chi connectivity index (χ1n) is 8.18. The average molecular weight is 384 g/mol. The number of ether oxygens (including phenoxy) is 1. The van der Waals surface area contributed by atoms with E-state index in [9.17, 15) is 8.42 Å². The van der Waals surface area contributed by atoms with Gasteiger partial charge in [0.15, 0.2) is 0 Å². The molecule has 0 unspecified atom stereocenters. The highest BCUT2D eigenvalue weighted by Crippen LogP contribution is 2.23. The van der Waals surface area contributed by atoms with Crippen LogP contribution in [-0.2, 0) is 15.8 Å². The van der Waals surface area contributed by atoms with Gasteiger partial charge in [-0.05, 0) is 60.5 Å². The lowest BCUT2D eigenvalue weighted by atomic mass is 10.1. The van der Waals surface area contributed by atoms with E-state index in [0.717, 1.165) is 22.6 Å². The van der Waals surface area contributed by atoms with E-state index < -0.39 is 10.0 Å². The van der Waals surface area contributed by atoms with E-state index in [4.69, 9.17) is 9.88 Å². The summed E-state index contributed by atoms with van der Waals surface area (Å²) >= 11 is 0. The molecule has 3 rings (SSSR count). The second-order valence-corrected chi connectivity index (χ2v) is 7.68. The lowest BCUT2D eigenvalue weighted by Gasteiger charge is -2.10.